The maximum atomic E-state index is 11.5. The Kier molecular flexibility index (Phi) is 5.04. The molecule has 0 fully saturated rings. The van der Waals surface area contributed by atoms with Gasteiger partial charge >= 0.3 is 5.97 Å². The average molecular weight is 308 g/mol. The minimum absolute atomic E-state index is 0.304. The molecular formula is C16H18ClNO3. The Morgan fingerprint density at radius 3 is 2.81 bits per heavy atom. The third-order valence-electron chi connectivity index (χ3n) is 3.13. The van der Waals surface area contributed by atoms with Crippen LogP contribution in [0.1, 0.15) is 18.2 Å². The topological polar surface area (TPSA) is 65.5 Å². The molecule has 1 aromatic carbocycles. The molecule has 0 saturated heterocycles. The van der Waals surface area contributed by atoms with Gasteiger partial charge in [-0.1, -0.05) is 23.7 Å². The fourth-order valence-corrected chi connectivity index (χ4v) is 2.12. The predicted molar refractivity (Wildman–Crippen MR) is 82.2 cm³/mol. The van der Waals surface area contributed by atoms with Crippen molar-refractivity contribution < 1.29 is 13.9 Å². The molecule has 0 radical (unpaired) electrons. The van der Waals surface area contributed by atoms with E-state index in [2.05, 4.69) is 0 Å². The highest BCUT2D eigenvalue weighted by atomic mass is 35.5. The van der Waals surface area contributed by atoms with Crippen molar-refractivity contribution in [3.05, 3.63) is 46.7 Å². The van der Waals surface area contributed by atoms with Crippen molar-refractivity contribution in [3.63, 3.8) is 0 Å². The third kappa shape index (κ3) is 3.86. The Morgan fingerprint density at radius 1 is 1.38 bits per heavy atom. The molecule has 0 spiro atoms. The van der Waals surface area contributed by atoms with E-state index in [0.717, 1.165) is 11.1 Å². The van der Waals surface area contributed by atoms with Gasteiger partial charge in [0.15, 0.2) is 0 Å². The number of rotatable bonds is 5. The number of aryl methyl sites for hydroxylation is 1. The fourth-order valence-electron chi connectivity index (χ4n) is 1.94. The van der Waals surface area contributed by atoms with Crippen LogP contribution in [0.3, 0.4) is 0 Å². The molecule has 2 rings (SSSR count). The summed E-state index contributed by atoms with van der Waals surface area (Å²) in [6, 6.07) is 8.66. The van der Waals surface area contributed by atoms with Crippen LogP contribution >= 0.6 is 11.6 Å². The minimum Gasteiger partial charge on any atom is -0.465 e. The van der Waals surface area contributed by atoms with Crippen LogP contribution in [0.2, 0.25) is 5.02 Å². The summed E-state index contributed by atoms with van der Waals surface area (Å²) >= 11 is 6.11. The van der Waals surface area contributed by atoms with Gasteiger partial charge in [0.05, 0.1) is 6.61 Å². The van der Waals surface area contributed by atoms with Gasteiger partial charge in [0.25, 0.3) is 0 Å². The van der Waals surface area contributed by atoms with E-state index in [1.807, 2.05) is 37.3 Å². The van der Waals surface area contributed by atoms with Gasteiger partial charge in [-0.2, -0.15) is 0 Å². The van der Waals surface area contributed by atoms with Crippen molar-refractivity contribution >= 4 is 17.6 Å². The molecule has 21 heavy (non-hydrogen) atoms. The largest absolute Gasteiger partial charge is 0.465 e. The zero-order chi connectivity index (χ0) is 15.4. The summed E-state index contributed by atoms with van der Waals surface area (Å²) in [7, 11) is 0. The first-order chi connectivity index (χ1) is 10.0. The second-order valence-corrected chi connectivity index (χ2v) is 5.20. The lowest BCUT2D eigenvalue weighted by Crippen LogP contribution is -2.34. The van der Waals surface area contributed by atoms with Gasteiger partial charge < -0.3 is 14.9 Å². The Labute approximate surface area is 128 Å². The SMILES string of the molecule is CCOC(=O)C(N)Cc1ccc(-c2ccc(C)c(Cl)c2)o1. The zero-order valence-electron chi connectivity index (χ0n) is 12.1. The van der Waals surface area contributed by atoms with Crippen LogP contribution in [0.4, 0.5) is 0 Å². The summed E-state index contributed by atoms with van der Waals surface area (Å²) in [5, 5.41) is 0.689. The number of furan rings is 1. The van der Waals surface area contributed by atoms with E-state index in [4.69, 9.17) is 26.5 Å². The Bertz CT molecular complexity index is 636. The number of halogens is 1. The maximum Gasteiger partial charge on any atom is 0.323 e. The molecule has 1 unspecified atom stereocenters. The van der Waals surface area contributed by atoms with Gasteiger partial charge in [-0.05, 0) is 37.6 Å². The van der Waals surface area contributed by atoms with Crippen molar-refractivity contribution in [2.75, 3.05) is 6.61 Å². The average Bonchev–Trinajstić information content (AvgIpc) is 2.90. The number of ether oxygens (including phenoxy) is 1. The van der Waals surface area contributed by atoms with Gasteiger partial charge in [-0.25, -0.2) is 0 Å². The van der Waals surface area contributed by atoms with E-state index in [0.29, 0.717) is 29.6 Å². The molecule has 0 saturated carbocycles. The minimum atomic E-state index is -0.717. The van der Waals surface area contributed by atoms with Gasteiger partial charge in [0.1, 0.15) is 17.6 Å². The number of carbonyl (C=O) groups excluding carboxylic acids is 1. The third-order valence-corrected chi connectivity index (χ3v) is 3.54. The first-order valence-corrected chi connectivity index (χ1v) is 7.16. The van der Waals surface area contributed by atoms with Crippen LogP contribution in [0.5, 0.6) is 0 Å². The number of hydrogen-bond donors (Lipinski definition) is 1. The lowest BCUT2D eigenvalue weighted by atomic mass is 10.1. The van der Waals surface area contributed by atoms with Crippen LogP contribution in [0.25, 0.3) is 11.3 Å². The van der Waals surface area contributed by atoms with E-state index >= 15 is 0 Å². The second-order valence-electron chi connectivity index (χ2n) is 4.79. The van der Waals surface area contributed by atoms with Crippen LogP contribution in [0, 0.1) is 6.92 Å². The quantitative estimate of drug-likeness (QED) is 0.860. The predicted octanol–water partition coefficient (Wildman–Crippen LogP) is 3.34. The Balaban J connectivity index is 2.10. The Morgan fingerprint density at radius 2 is 2.14 bits per heavy atom. The number of nitrogens with two attached hydrogens (primary N) is 1. The van der Waals surface area contributed by atoms with Gasteiger partial charge in [-0.3, -0.25) is 4.79 Å². The zero-order valence-corrected chi connectivity index (χ0v) is 12.8. The van der Waals surface area contributed by atoms with Crippen LogP contribution in [0.15, 0.2) is 34.7 Å². The molecule has 112 valence electrons. The number of hydrogen-bond acceptors (Lipinski definition) is 4. The highest BCUT2D eigenvalue weighted by molar-refractivity contribution is 6.31. The number of benzene rings is 1. The van der Waals surface area contributed by atoms with Crippen LogP contribution in [-0.2, 0) is 16.0 Å². The van der Waals surface area contributed by atoms with Gasteiger partial charge in [0, 0.05) is 17.0 Å². The van der Waals surface area contributed by atoms with Crippen LogP contribution in [-0.4, -0.2) is 18.6 Å². The van der Waals surface area contributed by atoms with Crippen molar-refractivity contribution in [1.82, 2.24) is 0 Å². The normalized spacial score (nSPS) is 12.2. The number of carbonyl (C=O) groups is 1. The van der Waals surface area contributed by atoms with Crippen molar-refractivity contribution in [1.29, 1.82) is 0 Å². The van der Waals surface area contributed by atoms with E-state index in [9.17, 15) is 4.79 Å². The summed E-state index contributed by atoms with van der Waals surface area (Å²) in [4.78, 5) is 11.5. The molecule has 0 aliphatic carbocycles. The summed E-state index contributed by atoms with van der Waals surface area (Å²) in [6.07, 6.45) is 0.304. The molecule has 1 aromatic heterocycles. The first kappa shape index (κ1) is 15.6. The summed E-state index contributed by atoms with van der Waals surface area (Å²) in [5.74, 6) is 0.916. The summed E-state index contributed by atoms with van der Waals surface area (Å²) in [6.45, 7) is 4.01. The molecule has 0 aliphatic rings. The molecule has 1 heterocycles. The Hall–Kier alpha value is -1.78. The molecule has 1 atom stereocenters. The smallest absolute Gasteiger partial charge is 0.323 e. The van der Waals surface area contributed by atoms with Crippen molar-refractivity contribution in [2.24, 2.45) is 5.73 Å². The molecule has 2 N–H and O–H groups in total. The molecule has 4 nitrogen and oxygen atoms in total. The van der Waals surface area contributed by atoms with Gasteiger partial charge in [0.2, 0.25) is 0 Å². The van der Waals surface area contributed by atoms with Crippen molar-refractivity contribution in [3.8, 4) is 11.3 Å². The molecule has 0 bridgehead atoms. The van der Waals surface area contributed by atoms with E-state index < -0.39 is 12.0 Å². The monoisotopic (exact) mass is 307 g/mol. The molecule has 0 amide bonds. The number of esters is 1. The standard InChI is InChI=1S/C16H18ClNO3/c1-3-20-16(19)14(18)9-12-6-7-15(21-12)11-5-4-10(2)13(17)8-11/h4-8,14H,3,9,18H2,1-2H3. The highest BCUT2D eigenvalue weighted by Crippen LogP contribution is 2.27. The molecule has 0 aliphatic heterocycles. The van der Waals surface area contributed by atoms with E-state index in [1.165, 1.54) is 0 Å². The lowest BCUT2D eigenvalue weighted by molar-refractivity contribution is -0.144. The lowest BCUT2D eigenvalue weighted by Gasteiger charge is -2.08. The fraction of sp³-hybridized carbons (Fsp3) is 0.312. The summed E-state index contributed by atoms with van der Waals surface area (Å²) < 4.78 is 10.6. The summed E-state index contributed by atoms with van der Waals surface area (Å²) in [5.41, 5.74) is 7.67. The molecule has 2 aromatic rings. The molecule has 5 heteroatoms. The van der Waals surface area contributed by atoms with Crippen LogP contribution < -0.4 is 5.73 Å². The molecular weight excluding hydrogens is 290 g/mol. The van der Waals surface area contributed by atoms with E-state index in [-0.39, 0.29) is 0 Å². The van der Waals surface area contributed by atoms with Gasteiger partial charge in [-0.15, -0.1) is 0 Å². The second kappa shape index (κ2) is 6.78. The first-order valence-electron chi connectivity index (χ1n) is 6.78. The highest BCUT2D eigenvalue weighted by Gasteiger charge is 2.17. The van der Waals surface area contributed by atoms with Crippen molar-refractivity contribution in [2.45, 2.75) is 26.3 Å². The van der Waals surface area contributed by atoms with E-state index in [1.54, 1.807) is 6.92 Å². The maximum absolute atomic E-state index is 11.5.